The van der Waals surface area contributed by atoms with Crippen molar-refractivity contribution in [3.8, 4) is 17.4 Å². The molecule has 0 N–H and O–H groups in total. The molecule has 1 aromatic carbocycles. The summed E-state index contributed by atoms with van der Waals surface area (Å²) in [5.74, 6) is 2.67. The third-order valence-electron chi connectivity index (χ3n) is 2.39. The molecule has 0 saturated carbocycles. The van der Waals surface area contributed by atoms with Crippen LogP contribution in [0, 0.1) is 0 Å². The van der Waals surface area contributed by atoms with E-state index in [1.807, 2.05) is 25.1 Å². The van der Waals surface area contributed by atoms with Gasteiger partial charge in [0.05, 0.1) is 11.6 Å². The van der Waals surface area contributed by atoms with Gasteiger partial charge in [0.1, 0.15) is 21.9 Å². The van der Waals surface area contributed by atoms with Crippen LogP contribution in [0.15, 0.2) is 33.3 Å². The minimum Gasteiger partial charge on any atom is -0.497 e. The van der Waals surface area contributed by atoms with Crippen LogP contribution in [0.1, 0.15) is 12.7 Å². The van der Waals surface area contributed by atoms with Crippen LogP contribution in [0.25, 0.3) is 0 Å². The van der Waals surface area contributed by atoms with Crippen molar-refractivity contribution >= 4 is 31.9 Å². The Morgan fingerprint density at radius 3 is 2.58 bits per heavy atom. The highest BCUT2D eigenvalue weighted by molar-refractivity contribution is 9.10. The first kappa shape index (κ1) is 14.3. The van der Waals surface area contributed by atoms with Crippen molar-refractivity contribution in [3.05, 3.63) is 39.2 Å². The third-order valence-corrected chi connectivity index (χ3v) is 3.41. The molecule has 0 amide bonds. The zero-order chi connectivity index (χ0) is 13.8. The van der Waals surface area contributed by atoms with Crippen molar-refractivity contribution in [2.75, 3.05) is 7.11 Å². The largest absolute Gasteiger partial charge is 0.497 e. The van der Waals surface area contributed by atoms with E-state index in [1.165, 1.54) is 0 Å². The average Bonchev–Trinajstić information content (AvgIpc) is 2.40. The Bertz CT molecular complexity index is 591. The quantitative estimate of drug-likeness (QED) is 0.731. The van der Waals surface area contributed by atoms with Crippen LogP contribution in [-0.2, 0) is 6.42 Å². The summed E-state index contributed by atoms with van der Waals surface area (Å²) >= 11 is 6.79. The fourth-order valence-corrected chi connectivity index (χ4v) is 2.30. The van der Waals surface area contributed by atoms with Crippen molar-refractivity contribution in [3.63, 3.8) is 0 Å². The molecule has 0 aliphatic carbocycles. The van der Waals surface area contributed by atoms with E-state index in [4.69, 9.17) is 9.47 Å². The van der Waals surface area contributed by atoms with Crippen LogP contribution >= 0.6 is 31.9 Å². The van der Waals surface area contributed by atoms with E-state index in [-0.39, 0.29) is 0 Å². The summed E-state index contributed by atoms with van der Waals surface area (Å²) in [5.41, 5.74) is 0. The Balaban J connectivity index is 2.28. The number of rotatable bonds is 4. The van der Waals surface area contributed by atoms with Crippen molar-refractivity contribution < 1.29 is 9.47 Å². The fourth-order valence-electron chi connectivity index (χ4n) is 1.46. The highest BCUT2D eigenvalue weighted by atomic mass is 79.9. The molecule has 0 bridgehead atoms. The van der Waals surface area contributed by atoms with E-state index in [0.717, 1.165) is 22.5 Å². The topological polar surface area (TPSA) is 44.2 Å². The number of halogens is 2. The molecule has 0 unspecified atom stereocenters. The fraction of sp³-hybridized carbons (Fsp3) is 0.231. The van der Waals surface area contributed by atoms with Crippen LogP contribution in [0.4, 0.5) is 0 Å². The van der Waals surface area contributed by atoms with E-state index in [1.54, 1.807) is 13.2 Å². The number of benzene rings is 1. The number of ether oxygens (including phenoxy) is 2. The van der Waals surface area contributed by atoms with E-state index >= 15 is 0 Å². The summed E-state index contributed by atoms with van der Waals surface area (Å²) in [5, 5.41) is 0. The zero-order valence-corrected chi connectivity index (χ0v) is 13.7. The molecule has 0 fully saturated rings. The van der Waals surface area contributed by atoms with E-state index in [0.29, 0.717) is 16.2 Å². The summed E-state index contributed by atoms with van der Waals surface area (Å²) in [7, 11) is 1.62. The summed E-state index contributed by atoms with van der Waals surface area (Å²) in [6.45, 7) is 1.99. The lowest BCUT2D eigenvalue weighted by Gasteiger charge is -2.09. The van der Waals surface area contributed by atoms with Gasteiger partial charge < -0.3 is 9.47 Å². The molecule has 0 spiro atoms. The SMILES string of the molecule is CCc1nc(Br)cc(Oc2ccc(OC)cc2Br)n1. The number of hydrogen-bond acceptors (Lipinski definition) is 4. The summed E-state index contributed by atoms with van der Waals surface area (Å²) in [4.78, 5) is 8.55. The van der Waals surface area contributed by atoms with Crippen LogP contribution < -0.4 is 9.47 Å². The maximum Gasteiger partial charge on any atom is 0.223 e. The normalized spacial score (nSPS) is 10.3. The second-order valence-corrected chi connectivity index (χ2v) is 5.36. The Morgan fingerprint density at radius 2 is 1.95 bits per heavy atom. The predicted octanol–water partition coefficient (Wildman–Crippen LogP) is 4.36. The highest BCUT2D eigenvalue weighted by Gasteiger charge is 2.08. The van der Waals surface area contributed by atoms with E-state index in [2.05, 4.69) is 41.8 Å². The van der Waals surface area contributed by atoms with Gasteiger partial charge in [-0.2, -0.15) is 4.98 Å². The minimum atomic E-state index is 0.504. The summed E-state index contributed by atoms with van der Waals surface area (Å²) < 4.78 is 12.4. The van der Waals surface area contributed by atoms with Crippen LogP contribution in [0.5, 0.6) is 17.4 Å². The molecular formula is C13H12Br2N2O2. The predicted molar refractivity (Wildman–Crippen MR) is 79.9 cm³/mol. The first-order valence-electron chi connectivity index (χ1n) is 5.67. The molecule has 0 saturated heterocycles. The van der Waals surface area contributed by atoms with Gasteiger partial charge in [-0.1, -0.05) is 6.92 Å². The molecule has 1 aromatic heterocycles. The molecule has 0 radical (unpaired) electrons. The first-order chi connectivity index (χ1) is 9.12. The number of hydrogen-bond donors (Lipinski definition) is 0. The van der Waals surface area contributed by atoms with Gasteiger partial charge in [0, 0.05) is 12.5 Å². The van der Waals surface area contributed by atoms with E-state index < -0.39 is 0 Å². The maximum atomic E-state index is 5.75. The number of aryl methyl sites for hydroxylation is 1. The Kier molecular flexibility index (Phi) is 4.76. The zero-order valence-electron chi connectivity index (χ0n) is 10.5. The smallest absolute Gasteiger partial charge is 0.223 e. The van der Waals surface area contributed by atoms with Crippen molar-refractivity contribution in [1.29, 1.82) is 0 Å². The van der Waals surface area contributed by atoms with Crippen molar-refractivity contribution in [1.82, 2.24) is 9.97 Å². The number of methoxy groups -OCH3 is 1. The van der Waals surface area contributed by atoms with Gasteiger partial charge in [-0.15, -0.1) is 0 Å². The van der Waals surface area contributed by atoms with Gasteiger partial charge in [0.25, 0.3) is 0 Å². The number of nitrogens with zero attached hydrogens (tertiary/aromatic N) is 2. The van der Waals surface area contributed by atoms with Crippen molar-refractivity contribution in [2.45, 2.75) is 13.3 Å². The molecule has 2 rings (SSSR count). The van der Waals surface area contributed by atoms with Crippen molar-refractivity contribution in [2.24, 2.45) is 0 Å². The Hall–Kier alpha value is -1.14. The summed E-state index contributed by atoms with van der Waals surface area (Å²) in [6, 6.07) is 7.23. The molecule has 6 heteroatoms. The molecule has 2 aromatic rings. The monoisotopic (exact) mass is 386 g/mol. The molecular weight excluding hydrogens is 376 g/mol. The average molecular weight is 388 g/mol. The molecule has 0 atom stereocenters. The van der Waals surface area contributed by atoms with Gasteiger partial charge in [0.2, 0.25) is 5.88 Å². The lowest BCUT2D eigenvalue weighted by molar-refractivity contribution is 0.411. The standard InChI is InChI=1S/C13H12Br2N2O2/c1-3-12-16-11(15)7-13(17-12)19-10-5-4-8(18-2)6-9(10)14/h4-7H,3H2,1-2H3. The third kappa shape index (κ3) is 3.67. The van der Waals surface area contributed by atoms with Gasteiger partial charge >= 0.3 is 0 Å². The highest BCUT2D eigenvalue weighted by Crippen LogP contribution is 2.32. The molecule has 0 aliphatic rings. The Morgan fingerprint density at radius 1 is 1.16 bits per heavy atom. The van der Waals surface area contributed by atoms with Gasteiger partial charge in [-0.25, -0.2) is 4.98 Å². The second-order valence-electron chi connectivity index (χ2n) is 3.70. The lowest BCUT2D eigenvalue weighted by atomic mass is 10.3. The van der Waals surface area contributed by atoms with Crippen LogP contribution in [-0.4, -0.2) is 17.1 Å². The molecule has 19 heavy (non-hydrogen) atoms. The number of aromatic nitrogens is 2. The van der Waals surface area contributed by atoms with Crippen LogP contribution in [0.3, 0.4) is 0 Å². The van der Waals surface area contributed by atoms with Gasteiger partial charge in [-0.05, 0) is 50.1 Å². The molecule has 0 aliphatic heterocycles. The molecule has 100 valence electrons. The van der Waals surface area contributed by atoms with Gasteiger partial charge in [0.15, 0.2) is 0 Å². The lowest BCUT2D eigenvalue weighted by Crippen LogP contribution is -1.97. The minimum absolute atomic E-state index is 0.504. The maximum absolute atomic E-state index is 5.75. The molecule has 4 nitrogen and oxygen atoms in total. The Labute approximate surface area is 128 Å². The van der Waals surface area contributed by atoms with Crippen LogP contribution in [0.2, 0.25) is 0 Å². The second kappa shape index (κ2) is 6.34. The molecule has 1 heterocycles. The summed E-state index contributed by atoms with van der Waals surface area (Å²) in [6.07, 6.45) is 0.750. The van der Waals surface area contributed by atoms with Gasteiger partial charge in [-0.3, -0.25) is 0 Å². The first-order valence-corrected chi connectivity index (χ1v) is 7.26. The van der Waals surface area contributed by atoms with E-state index in [9.17, 15) is 0 Å².